The molecule has 0 bridgehead atoms. The van der Waals surface area contributed by atoms with Crippen molar-refractivity contribution >= 4 is 0 Å². The molecule has 0 aromatic carbocycles. The molecule has 0 aromatic heterocycles. The first-order chi connectivity index (χ1) is 5.77. The summed E-state index contributed by atoms with van der Waals surface area (Å²) < 4.78 is 0. The minimum absolute atomic E-state index is 0.415. The number of aliphatic hydroxyl groups is 1. The van der Waals surface area contributed by atoms with E-state index < -0.39 is 5.60 Å². The van der Waals surface area contributed by atoms with Gasteiger partial charge in [-0.25, -0.2) is 0 Å². The van der Waals surface area contributed by atoms with E-state index in [-0.39, 0.29) is 0 Å². The molecular weight excluding hydrogens is 148 g/mol. The first-order valence-electron chi connectivity index (χ1n) is 5.10. The Kier molecular flexibility index (Phi) is 3.80. The van der Waals surface area contributed by atoms with Crippen LogP contribution in [0, 0.1) is 0 Å². The smallest absolute Gasteiger partial charge is 0.0682 e. The van der Waals surface area contributed by atoms with Crippen LogP contribution in [-0.2, 0) is 0 Å². The number of hydrogen-bond acceptors (Lipinski definition) is 1. The number of hydrogen-bond donors (Lipinski definition) is 1. The van der Waals surface area contributed by atoms with Crippen molar-refractivity contribution in [3.63, 3.8) is 0 Å². The van der Waals surface area contributed by atoms with Gasteiger partial charge in [-0.3, -0.25) is 0 Å². The highest BCUT2D eigenvalue weighted by molar-refractivity contribution is 4.87. The van der Waals surface area contributed by atoms with Crippen molar-refractivity contribution in [2.45, 2.75) is 57.0 Å². The Hall–Kier alpha value is -0.300. The van der Waals surface area contributed by atoms with Crippen LogP contribution in [0.5, 0.6) is 0 Å². The van der Waals surface area contributed by atoms with Gasteiger partial charge < -0.3 is 5.11 Å². The zero-order valence-electron chi connectivity index (χ0n) is 7.89. The summed E-state index contributed by atoms with van der Waals surface area (Å²) in [5.74, 6) is 0. The van der Waals surface area contributed by atoms with E-state index in [4.69, 9.17) is 0 Å². The maximum absolute atomic E-state index is 10.1. The van der Waals surface area contributed by atoms with Crippen molar-refractivity contribution in [3.05, 3.63) is 12.7 Å². The van der Waals surface area contributed by atoms with Crippen molar-refractivity contribution in [2.75, 3.05) is 0 Å². The van der Waals surface area contributed by atoms with Gasteiger partial charge in [-0.2, -0.15) is 0 Å². The molecule has 1 saturated carbocycles. The normalized spacial score (nSPS) is 24.1. The molecule has 0 spiro atoms. The van der Waals surface area contributed by atoms with Crippen molar-refractivity contribution in [2.24, 2.45) is 0 Å². The Bertz CT molecular complexity index is 132. The highest BCUT2D eigenvalue weighted by Crippen LogP contribution is 2.28. The monoisotopic (exact) mass is 168 g/mol. The van der Waals surface area contributed by atoms with Gasteiger partial charge in [-0.05, 0) is 19.3 Å². The van der Waals surface area contributed by atoms with E-state index >= 15 is 0 Å². The van der Waals surface area contributed by atoms with Gasteiger partial charge in [-0.15, -0.1) is 6.58 Å². The lowest BCUT2D eigenvalue weighted by atomic mass is 9.85. The third-order valence-electron chi connectivity index (χ3n) is 2.81. The molecule has 12 heavy (non-hydrogen) atoms. The van der Waals surface area contributed by atoms with E-state index in [2.05, 4.69) is 6.58 Å². The van der Waals surface area contributed by atoms with Crippen LogP contribution < -0.4 is 0 Å². The van der Waals surface area contributed by atoms with E-state index in [1.54, 1.807) is 0 Å². The third kappa shape index (κ3) is 2.98. The maximum atomic E-state index is 10.1. The van der Waals surface area contributed by atoms with Crippen LogP contribution in [0.15, 0.2) is 12.7 Å². The zero-order chi connectivity index (χ0) is 8.86. The van der Waals surface area contributed by atoms with E-state index in [9.17, 15) is 5.11 Å². The summed E-state index contributed by atoms with van der Waals surface area (Å²) in [4.78, 5) is 0. The van der Waals surface area contributed by atoms with E-state index in [1.807, 2.05) is 6.08 Å². The quantitative estimate of drug-likeness (QED) is 0.628. The molecule has 0 heterocycles. The van der Waals surface area contributed by atoms with Gasteiger partial charge in [0.15, 0.2) is 0 Å². The predicted octanol–water partition coefficient (Wildman–Crippen LogP) is 3.04. The zero-order valence-corrected chi connectivity index (χ0v) is 7.89. The Morgan fingerprint density at radius 3 is 2.08 bits per heavy atom. The fourth-order valence-corrected chi connectivity index (χ4v) is 2.04. The molecular formula is C11H20O. The van der Waals surface area contributed by atoms with E-state index in [1.165, 1.54) is 32.1 Å². The summed E-state index contributed by atoms with van der Waals surface area (Å²) in [5.41, 5.74) is -0.415. The van der Waals surface area contributed by atoms with Gasteiger partial charge in [0.25, 0.3) is 0 Å². The molecule has 0 saturated heterocycles. The molecule has 0 aromatic rings. The summed E-state index contributed by atoms with van der Waals surface area (Å²) in [6, 6.07) is 0. The minimum Gasteiger partial charge on any atom is -0.390 e. The Labute approximate surface area is 75.5 Å². The Morgan fingerprint density at radius 1 is 1.08 bits per heavy atom. The summed E-state index contributed by atoms with van der Waals surface area (Å²) >= 11 is 0. The first-order valence-corrected chi connectivity index (χ1v) is 5.10. The average molecular weight is 168 g/mol. The molecule has 0 aliphatic heterocycles. The summed E-state index contributed by atoms with van der Waals surface area (Å²) in [5, 5.41) is 10.1. The molecule has 1 heteroatoms. The molecule has 1 rings (SSSR count). The number of rotatable bonds is 2. The predicted molar refractivity (Wildman–Crippen MR) is 52.1 cm³/mol. The second-order valence-electron chi connectivity index (χ2n) is 3.98. The minimum atomic E-state index is -0.415. The summed E-state index contributed by atoms with van der Waals surface area (Å²) in [6.45, 7) is 3.69. The Morgan fingerprint density at radius 2 is 1.58 bits per heavy atom. The summed E-state index contributed by atoms with van der Waals surface area (Å²) in [7, 11) is 0. The molecule has 0 radical (unpaired) electrons. The van der Waals surface area contributed by atoms with Crippen LogP contribution in [0.3, 0.4) is 0 Å². The van der Waals surface area contributed by atoms with Crippen LogP contribution in [0.4, 0.5) is 0 Å². The topological polar surface area (TPSA) is 20.2 Å². The lowest BCUT2D eigenvalue weighted by Crippen LogP contribution is -2.28. The molecule has 1 nitrogen and oxygen atoms in total. The molecule has 0 amide bonds. The second kappa shape index (κ2) is 4.66. The van der Waals surface area contributed by atoms with Crippen LogP contribution in [0.25, 0.3) is 0 Å². The molecule has 0 unspecified atom stereocenters. The molecule has 1 aliphatic carbocycles. The maximum Gasteiger partial charge on any atom is 0.0682 e. The average Bonchev–Trinajstić information content (AvgIpc) is 1.99. The van der Waals surface area contributed by atoms with Crippen molar-refractivity contribution in [1.82, 2.24) is 0 Å². The van der Waals surface area contributed by atoms with Gasteiger partial charge in [-0.1, -0.05) is 38.2 Å². The Balaban J connectivity index is 2.41. The first kappa shape index (κ1) is 9.79. The third-order valence-corrected chi connectivity index (χ3v) is 2.81. The fraction of sp³-hybridized carbons (Fsp3) is 0.818. The lowest BCUT2D eigenvalue weighted by Gasteiger charge is -2.28. The van der Waals surface area contributed by atoms with Crippen molar-refractivity contribution in [1.29, 1.82) is 0 Å². The molecule has 0 atom stereocenters. The standard InChI is InChI=1S/C11H20O/c1-2-8-11(12)9-6-4-3-5-7-10-11/h2,12H,1,3-10H2. The van der Waals surface area contributed by atoms with Crippen LogP contribution >= 0.6 is 0 Å². The van der Waals surface area contributed by atoms with Gasteiger partial charge in [0.05, 0.1) is 5.60 Å². The molecule has 70 valence electrons. The fourth-order valence-electron chi connectivity index (χ4n) is 2.04. The highest BCUT2D eigenvalue weighted by Gasteiger charge is 2.24. The van der Waals surface area contributed by atoms with Gasteiger partial charge in [0.2, 0.25) is 0 Å². The largest absolute Gasteiger partial charge is 0.390 e. The SMILES string of the molecule is C=CCC1(O)CCCCCCC1. The molecule has 1 fully saturated rings. The van der Waals surface area contributed by atoms with E-state index in [0.29, 0.717) is 0 Å². The van der Waals surface area contributed by atoms with Crippen molar-refractivity contribution in [3.8, 4) is 0 Å². The summed E-state index contributed by atoms with van der Waals surface area (Å²) in [6.07, 6.45) is 10.9. The van der Waals surface area contributed by atoms with Crippen molar-refractivity contribution < 1.29 is 5.11 Å². The van der Waals surface area contributed by atoms with Crippen LogP contribution in [0.1, 0.15) is 51.4 Å². The second-order valence-corrected chi connectivity index (χ2v) is 3.98. The van der Waals surface area contributed by atoms with Gasteiger partial charge in [0.1, 0.15) is 0 Å². The highest BCUT2D eigenvalue weighted by atomic mass is 16.3. The molecule has 1 N–H and O–H groups in total. The lowest BCUT2D eigenvalue weighted by molar-refractivity contribution is 0.0170. The van der Waals surface area contributed by atoms with Crippen LogP contribution in [-0.4, -0.2) is 10.7 Å². The van der Waals surface area contributed by atoms with Gasteiger partial charge in [0, 0.05) is 0 Å². The van der Waals surface area contributed by atoms with Gasteiger partial charge >= 0.3 is 0 Å². The van der Waals surface area contributed by atoms with E-state index in [0.717, 1.165) is 19.3 Å². The molecule has 1 aliphatic rings. The van der Waals surface area contributed by atoms with Crippen LogP contribution in [0.2, 0.25) is 0 Å².